The third-order valence-electron chi connectivity index (χ3n) is 2.47. The summed E-state index contributed by atoms with van der Waals surface area (Å²) < 4.78 is 3.37. The van der Waals surface area contributed by atoms with Gasteiger partial charge in [-0.3, -0.25) is 4.57 Å². The van der Waals surface area contributed by atoms with Crippen LogP contribution in [0.4, 0.5) is 0 Å². The Morgan fingerprint density at radius 3 is 3.00 bits per heavy atom. The second-order valence-corrected chi connectivity index (χ2v) is 4.15. The molecule has 3 aromatic rings. The van der Waals surface area contributed by atoms with Gasteiger partial charge in [-0.2, -0.15) is 14.6 Å². The summed E-state index contributed by atoms with van der Waals surface area (Å²) in [4.78, 5) is 12.7. The molecule has 18 heavy (non-hydrogen) atoms. The van der Waals surface area contributed by atoms with Gasteiger partial charge in [0.15, 0.2) is 5.82 Å². The van der Waals surface area contributed by atoms with E-state index in [2.05, 4.69) is 20.1 Å². The van der Waals surface area contributed by atoms with E-state index in [0.717, 1.165) is 11.5 Å². The highest BCUT2D eigenvalue weighted by atomic mass is 32.1. The average Bonchev–Trinajstić information content (AvgIpc) is 2.95. The number of imidazole rings is 1. The molecule has 3 heterocycles. The summed E-state index contributed by atoms with van der Waals surface area (Å²) in [6.07, 6.45) is 4.85. The van der Waals surface area contributed by atoms with Gasteiger partial charge in [0.05, 0.1) is 0 Å². The smallest absolute Gasteiger partial charge is 0.254 e. The lowest BCUT2D eigenvalue weighted by Gasteiger charge is -2.08. The van der Waals surface area contributed by atoms with Crippen molar-refractivity contribution in [3.8, 4) is 5.82 Å². The van der Waals surface area contributed by atoms with Crippen LogP contribution in [0.2, 0.25) is 0 Å². The molecule has 0 atom stereocenters. The van der Waals surface area contributed by atoms with Gasteiger partial charge in [-0.05, 0) is 6.92 Å². The predicted molar refractivity (Wildman–Crippen MR) is 68.5 cm³/mol. The van der Waals surface area contributed by atoms with Crippen molar-refractivity contribution in [1.82, 2.24) is 29.1 Å². The first kappa shape index (κ1) is 10.8. The molecule has 0 aliphatic heterocycles. The summed E-state index contributed by atoms with van der Waals surface area (Å²) in [6.45, 7) is 1.88. The first-order valence-corrected chi connectivity index (χ1v) is 5.58. The van der Waals surface area contributed by atoms with Crippen molar-refractivity contribution in [2.45, 2.75) is 6.92 Å². The molecule has 0 unspecified atom stereocenters. The lowest BCUT2D eigenvalue weighted by molar-refractivity contribution is 0.841. The van der Waals surface area contributed by atoms with E-state index in [9.17, 15) is 0 Å². The number of nitrogens with two attached hydrogens (primary N) is 1. The van der Waals surface area contributed by atoms with E-state index < -0.39 is 0 Å². The maximum Gasteiger partial charge on any atom is 0.254 e. The number of aromatic nitrogens is 6. The van der Waals surface area contributed by atoms with Crippen molar-refractivity contribution in [3.63, 3.8) is 0 Å². The van der Waals surface area contributed by atoms with Gasteiger partial charge in [0.2, 0.25) is 0 Å². The predicted octanol–water partition coefficient (Wildman–Crippen LogP) is 0.253. The fourth-order valence-electron chi connectivity index (χ4n) is 1.75. The van der Waals surface area contributed by atoms with Crippen LogP contribution in [0.1, 0.15) is 11.5 Å². The first-order valence-electron chi connectivity index (χ1n) is 5.18. The number of fused-ring (bicyclic) bond motifs is 1. The van der Waals surface area contributed by atoms with Crippen molar-refractivity contribution < 1.29 is 0 Å². The van der Waals surface area contributed by atoms with Gasteiger partial charge in [0.1, 0.15) is 17.1 Å². The van der Waals surface area contributed by atoms with Crippen LogP contribution in [0.15, 0.2) is 24.8 Å². The standard InChI is InChI=1S/C10H9N7S/c1-6-4-7(17-10(15-6)13-5-14-17)16-3-2-12-9(16)8(11)18/h2-5H,1H3,(H2,11,18). The summed E-state index contributed by atoms with van der Waals surface area (Å²) in [6, 6.07) is 1.87. The molecule has 0 aromatic carbocycles. The topological polar surface area (TPSA) is 86.9 Å². The van der Waals surface area contributed by atoms with Crippen molar-refractivity contribution in [3.05, 3.63) is 36.3 Å². The van der Waals surface area contributed by atoms with Crippen LogP contribution in [0.5, 0.6) is 0 Å². The second-order valence-electron chi connectivity index (χ2n) is 3.71. The number of rotatable bonds is 2. The molecule has 0 saturated heterocycles. The molecule has 3 aromatic heterocycles. The lowest BCUT2D eigenvalue weighted by atomic mass is 10.4. The van der Waals surface area contributed by atoms with Crippen LogP contribution >= 0.6 is 12.2 Å². The summed E-state index contributed by atoms with van der Waals surface area (Å²) in [5, 5.41) is 4.13. The zero-order valence-electron chi connectivity index (χ0n) is 9.48. The number of nitrogens with zero attached hydrogens (tertiary/aromatic N) is 6. The molecule has 0 saturated carbocycles. The van der Waals surface area contributed by atoms with Crippen molar-refractivity contribution in [2.24, 2.45) is 5.73 Å². The molecule has 8 heteroatoms. The van der Waals surface area contributed by atoms with Crippen LogP contribution in [0, 0.1) is 6.92 Å². The Morgan fingerprint density at radius 2 is 2.22 bits per heavy atom. The monoisotopic (exact) mass is 259 g/mol. The van der Waals surface area contributed by atoms with E-state index in [1.165, 1.54) is 6.33 Å². The highest BCUT2D eigenvalue weighted by molar-refractivity contribution is 7.80. The van der Waals surface area contributed by atoms with Crippen molar-refractivity contribution in [2.75, 3.05) is 0 Å². The highest BCUT2D eigenvalue weighted by Gasteiger charge is 2.12. The Labute approximate surface area is 107 Å². The number of thiocarbonyl (C=S) groups is 1. The summed E-state index contributed by atoms with van der Waals surface area (Å²) in [5.41, 5.74) is 6.47. The minimum Gasteiger partial charge on any atom is -0.387 e. The molecule has 7 nitrogen and oxygen atoms in total. The van der Waals surface area contributed by atoms with Gasteiger partial charge < -0.3 is 5.73 Å². The fraction of sp³-hybridized carbons (Fsp3) is 0.100. The maximum absolute atomic E-state index is 5.64. The van der Waals surface area contributed by atoms with Crippen molar-refractivity contribution in [1.29, 1.82) is 0 Å². The van der Waals surface area contributed by atoms with Crippen LogP contribution in [0.25, 0.3) is 11.6 Å². The Bertz CT molecular complexity index is 742. The molecule has 0 aliphatic carbocycles. The molecule has 0 bridgehead atoms. The van der Waals surface area contributed by atoms with Crippen LogP contribution < -0.4 is 5.73 Å². The molecule has 3 rings (SSSR count). The van der Waals surface area contributed by atoms with Gasteiger partial charge in [-0.1, -0.05) is 12.2 Å². The van der Waals surface area contributed by atoms with Gasteiger partial charge in [0, 0.05) is 24.2 Å². The van der Waals surface area contributed by atoms with E-state index in [-0.39, 0.29) is 4.99 Å². The Morgan fingerprint density at radius 1 is 1.39 bits per heavy atom. The average molecular weight is 259 g/mol. The Balaban J connectivity index is 2.34. The number of hydrogen-bond donors (Lipinski definition) is 1. The number of aryl methyl sites for hydroxylation is 1. The summed E-state index contributed by atoms with van der Waals surface area (Å²) in [7, 11) is 0. The van der Waals surface area contributed by atoms with E-state index in [0.29, 0.717) is 11.6 Å². The fourth-order valence-corrected chi connectivity index (χ4v) is 1.90. The highest BCUT2D eigenvalue weighted by Crippen LogP contribution is 2.12. The molecule has 0 aliphatic rings. The van der Waals surface area contributed by atoms with Gasteiger partial charge in [-0.25, -0.2) is 9.97 Å². The molecule has 90 valence electrons. The third-order valence-corrected chi connectivity index (χ3v) is 2.65. The molecular formula is C10H9N7S. The zero-order valence-corrected chi connectivity index (χ0v) is 10.3. The SMILES string of the molecule is Cc1cc(-n2ccnc2C(N)=S)n2ncnc2n1. The van der Waals surface area contributed by atoms with Gasteiger partial charge >= 0.3 is 0 Å². The van der Waals surface area contributed by atoms with Crippen molar-refractivity contribution >= 4 is 23.0 Å². The van der Waals surface area contributed by atoms with Crippen LogP contribution in [-0.2, 0) is 0 Å². The Hall–Kier alpha value is -2.35. The molecule has 0 amide bonds. The largest absolute Gasteiger partial charge is 0.387 e. The Kier molecular flexibility index (Phi) is 2.30. The quantitative estimate of drug-likeness (QED) is 0.664. The molecule has 2 N–H and O–H groups in total. The van der Waals surface area contributed by atoms with E-state index >= 15 is 0 Å². The first-order chi connectivity index (χ1) is 8.66. The normalized spacial score (nSPS) is 10.9. The summed E-state index contributed by atoms with van der Waals surface area (Å²) in [5.74, 6) is 1.77. The lowest BCUT2D eigenvalue weighted by Crippen LogP contribution is -2.18. The molecule has 0 fully saturated rings. The van der Waals surface area contributed by atoms with Crippen LogP contribution in [0.3, 0.4) is 0 Å². The van der Waals surface area contributed by atoms with E-state index in [1.54, 1.807) is 21.5 Å². The molecular weight excluding hydrogens is 250 g/mol. The van der Waals surface area contributed by atoms with Gasteiger partial charge in [0.25, 0.3) is 5.78 Å². The molecule has 0 radical (unpaired) electrons. The minimum absolute atomic E-state index is 0.225. The minimum atomic E-state index is 0.225. The van der Waals surface area contributed by atoms with Crippen LogP contribution in [-0.4, -0.2) is 34.1 Å². The van der Waals surface area contributed by atoms with E-state index in [1.807, 2.05) is 13.0 Å². The molecule has 0 spiro atoms. The van der Waals surface area contributed by atoms with E-state index in [4.69, 9.17) is 18.0 Å². The summed E-state index contributed by atoms with van der Waals surface area (Å²) >= 11 is 4.97. The third kappa shape index (κ3) is 1.54. The second kappa shape index (κ2) is 3.84. The van der Waals surface area contributed by atoms with Gasteiger partial charge in [-0.15, -0.1) is 0 Å². The zero-order chi connectivity index (χ0) is 12.7. The maximum atomic E-state index is 5.64. The number of hydrogen-bond acceptors (Lipinski definition) is 5.